The summed E-state index contributed by atoms with van der Waals surface area (Å²) < 4.78 is 30.1. The SMILES string of the molecule is O=S(=O)(Cl)OC1CCCC2C3NC4NC(NC5NC(NC6NC(NC(N3)C12)C1CCCCC61)C1CCCCC51)C1CCCCC41. The van der Waals surface area contributed by atoms with Crippen molar-refractivity contribution in [2.24, 2.45) is 47.3 Å². The molecule has 9 aliphatic rings. The van der Waals surface area contributed by atoms with Crippen molar-refractivity contribution < 1.29 is 12.6 Å². The average Bonchev–Trinajstić information content (AvgIpc) is 3.76. The minimum Gasteiger partial charge on any atom is -0.286 e. The van der Waals surface area contributed by atoms with E-state index < -0.39 is 15.4 Å². The van der Waals surface area contributed by atoms with Gasteiger partial charge in [-0.15, -0.1) is 0 Å². The van der Waals surface area contributed by atoms with Gasteiger partial charge in [-0.05, 0) is 92.8 Å². The standard InChI is InChI=1S/C32H55ClN8O3S/c33-45(42,43)44-23-15-7-14-22-24(23)32-40-30-21-13-6-5-12-20(21)28(38-30)36-26-17-9-2-1-8-16(17)25(34-26)35-27-18-10-3-4-11-19(18)29(37-27)39-31(22)41-32/h16-32,34-41H,1-15H2. The molecule has 0 radical (unpaired) electrons. The van der Waals surface area contributed by atoms with Crippen molar-refractivity contribution in [1.82, 2.24) is 42.5 Å². The van der Waals surface area contributed by atoms with E-state index in [1.54, 1.807) is 0 Å². The summed E-state index contributed by atoms with van der Waals surface area (Å²) in [6, 6.07) is 0. The van der Waals surface area contributed by atoms with Crippen molar-refractivity contribution in [3.05, 3.63) is 0 Å². The maximum absolute atomic E-state index is 12.2. The van der Waals surface area contributed by atoms with Crippen LogP contribution in [0, 0.1) is 47.3 Å². The topological polar surface area (TPSA) is 140 Å². The Balaban J connectivity index is 1.06. The van der Waals surface area contributed by atoms with Crippen molar-refractivity contribution in [3.8, 4) is 0 Å². The summed E-state index contributed by atoms with van der Waals surface area (Å²) in [7, 11) is 1.66. The first-order valence-electron chi connectivity index (χ1n) is 18.6. The van der Waals surface area contributed by atoms with Crippen LogP contribution >= 0.6 is 10.7 Å². The molecule has 17 unspecified atom stereocenters. The number of halogens is 1. The second-order valence-corrected chi connectivity index (χ2v) is 18.3. The Bertz CT molecular complexity index is 1200. The first-order valence-corrected chi connectivity index (χ1v) is 20.8. The van der Waals surface area contributed by atoms with Gasteiger partial charge in [-0.2, -0.15) is 8.42 Å². The quantitative estimate of drug-likeness (QED) is 0.206. The Kier molecular flexibility index (Phi) is 8.47. The fraction of sp³-hybridized carbons (Fsp3) is 1.00. The Morgan fingerprint density at radius 1 is 0.400 bits per heavy atom. The van der Waals surface area contributed by atoms with Crippen LogP contribution in [-0.4, -0.2) is 63.8 Å². The fourth-order valence-electron chi connectivity index (χ4n) is 12.3. The lowest BCUT2D eigenvalue weighted by molar-refractivity contribution is 0.0493. The molecular weight excluding hydrogens is 612 g/mol. The minimum atomic E-state index is -4.08. The van der Waals surface area contributed by atoms with Crippen LogP contribution in [0.1, 0.15) is 96.3 Å². The van der Waals surface area contributed by atoms with Gasteiger partial charge in [0.25, 0.3) is 0 Å². The minimum absolute atomic E-state index is 0.00876. The molecule has 45 heavy (non-hydrogen) atoms. The van der Waals surface area contributed by atoms with Gasteiger partial charge in [-0.1, -0.05) is 44.9 Å². The molecule has 9 fully saturated rings. The molecule has 9 rings (SSSR count). The van der Waals surface area contributed by atoms with E-state index in [4.69, 9.17) is 14.9 Å². The van der Waals surface area contributed by atoms with Crippen LogP contribution in [-0.2, 0) is 13.5 Å². The summed E-state index contributed by atoms with van der Waals surface area (Å²) in [4.78, 5) is 0. The van der Waals surface area contributed by atoms with Gasteiger partial charge in [-0.3, -0.25) is 46.7 Å². The van der Waals surface area contributed by atoms with Crippen molar-refractivity contribution >= 4 is 20.0 Å². The number of fused-ring (bicyclic) bond motifs is 20. The van der Waals surface area contributed by atoms with E-state index in [-0.39, 0.29) is 48.8 Å². The summed E-state index contributed by atoms with van der Waals surface area (Å²) in [6.07, 6.45) is 19.2. The highest BCUT2D eigenvalue weighted by atomic mass is 35.7. The van der Waals surface area contributed by atoms with E-state index >= 15 is 0 Å². The first-order chi connectivity index (χ1) is 21.9. The van der Waals surface area contributed by atoms with Crippen molar-refractivity contribution in [2.45, 2.75) is 152 Å². The molecule has 0 spiro atoms. The Hall–Kier alpha value is -0.120. The molecule has 8 N–H and O–H groups in total. The van der Waals surface area contributed by atoms with E-state index in [0.29, 0.717) is 54.3 Å². The summed E-state index contributed by atoms with van der Waals surface area (Å²) >= 11 is 0. The van der Waals surface area contributed by atoms with Gasteiger partial charge in [0.15, 0.2) is 0 Å². The van der Waals surface area contributed by atoms with Gasteiger partial charge in [0.1, 0.15) is 0 Å². The van der Waals surface area contributed by atoms with Crippen molar-refractivity contribution in [1.29, 1.82) is 0 Å². The molecule has 5 aliphatic heterocycles. The van der Waals surface area contributed by atoms with E-state index in [9.17, 15) is 8.42 Å². The van der Waals surface area contributed by atoms with Gasteiger partial charge in [0.2, 0.25) is 0 Å². The third kappa shape index (κ3) is 5.73. The highest BCUT2D eigenvalue weighted by Crippen LogP contribution is 2.46. The molecule has 5 heterocycles. The predicted octanol–water partition coefficient (Wildman–Crippen LogP) is 2.08. The summed E-state index contributed by atoms with van der Waals surface area (Å²) in [6.45, 7) is 0. The lowest BCUT2D eigenvalue weighted by Gasteiger charge is -2.38. The molecule has 13 heteroatoms. The largest absolute Gasteiger partial charge is 0.355 e. The smallest absolute Gasteiger partial charge is 0.286 e. The van der Waals surface area contributed by atoms with Crippen LogP contribution < -0.4 is 42.5 Å². The van der Waals surface area contributed by atoms with Crippen molar-refractivity contribution in [2.75, 3.05) is 0 Å². The summed E-state index contributed by atoms with van der Waals surface area (Å²) in [5.41, 5.74) is 0. The molecule has 0 aromatic carbocycles. The summed E-state index contributed by atoms with van der Waals surface area (Å²) in [5.74, 6) is 3.88. The average molecular weight is 667 g/mol. The highest BCUT2D eigenvalue weighted by Gasteiger charge is 2.56. The first kappa shape index (κ1) is 30.9. The molecule has 4 saturated carbocycles. The Morgan fingerprint density at radius 3 is 1.02 bits per heavy atom. The third-order valence-electron chi connectivity index (χ3n) is 14.1. The van der Waals surface area contributed by atoms with Crippen LogP contribution in [0.15, 0.2) is 0 Å². The molecular formula is C32H55ClN8O3S. The lowest BCUT2D eigenvalue weighted by atomic mass is 9.75. The van der Waals surface area contributed by atoms with Gasteiger partial charge >= 0.3 is 9.33 Å². The molecule has 0 aromatic rings. The van der Waals surface area contributed by atoms with Crippen LogP contribution in [0.5, 0.6) is 0 Å². The fourth-order valence-corrected chi connectivity index (χ4v) is 13.1. The molecule has 5 saturated heterocycles. The van der Waals surface area contributed by atoms with Crippen LogP contribution in [0.4, 0.5) is 0 Å². The maximum Gasteiger partial charge on any atom is 0.355 e. The normalized spacial score (nSPS) is 54.6. The van der Waals surface area contributed by atoms with Crippen LogP contribution in [0.3, 0.4) is 0 Å². The van der Waals surface area contributed by atoms with Gasteiger partial charge in [0, 0.05) is 16.6 Å². The zero-order chi connectivity index (χ0) is 30.3. The van der Waals surface area contributed by atoms with Crippen molar-refractivity contribution in [3.63, 3.8) is 0 Å². The van der Waals surface area contributed by atoms with Crippen LogP contribution in [0.25, 0.3) is 0 Å². The molecule has 8 bridgehead atoms. The Morgan fingerprint density at radius 2 is 0.689 bits per heavy atom. The van der Waals surface area contributed by atoms with E-state index in [0.717, 1.165) is 12.8 Å². The van der Waals surface area contributed by atoms with E-state index in [1.807, 2.05) is 0 Å². The molecule has 0 amide bonds. The Labute approximate surface area is 273 Å². The number of nitrogens with one attached hydrogen (secondary N) is 8. The summed E-state index contributed by atoms with van der Waals surface area (Å²) in [5, 5.41) is 32.8. The highest BCUT2D eigenvalue weighted by molar-refractivity contribution is 8.10. The monoisotopic (exact) mass is 666 g/mol. The number of hydrogen-bond donors (Lipinski definition) is 8. The van der Waals surface area contributed by atoms with Gasteiger partial charge < -0.3 is 0 Å². The molecule has 4 aliphatic carbocycles. The maximum atomic E-state index is 12.2. The number of hydrogen-bond acceptors (Lipinski definition) is 11. The molecule has 11 nitrogen and oxygen atoms in total. The van der Waals surface area contributed by atoms with Crippen LogP contribution in [0.2, 0.25) is 0 Å². The molecule has 254 valence electrons. The molecule has 0 aromatic heterocycles. The zero-order valence-electron chi connectivity index (χ0n) is 26.4. The predicted molar refractivity (Wildman–Crippen MR) is 172 cm³/mol. The van der Waals surface area contributed by atoms with Gasteiger partial charge in [0.05, 0.1) is 55.4 Å². The van der Waals surface area contributed by atoms with E-state index in [1.165, 1.54) is 77.0 Å². The van der Waals surface area contributed by atoms with Gasteiger partial charge in [-0.25, -0.2) is 0 Å². The third-order valence-corrected chi connectivity index (χ3v) is 14.8. The second kappa shape index (κ2) is 12.3. The molecule has 17 atom stereocenters. The second-order valence-electron chi connectivity index (χ2n) is 16.2. The lowest BCUT2D eigenvalue weighted by Crippen LogP contribution is -2.62. The number of rotatable bonds is 2. The van der Waals surface area contributed by atoms with E-state index in [2.05, 4.69) is 42.5 Å². The zero-order valence-corrected chi connectivity index (χ0v) is 28.0.